The molecule has 0 saturated carbocycles. The first-order valence-electron chi connectivity index (χ1n) is 10.3. The summed E-state index contributed by atoms with van der Waals surface area (Å²) in [6.07, 6.45) is 0. The molecule has 0 aliphatic carbocycles. The average Bonchev–Trinajstić information content (AvgIpc) is 3.21. The third kappa shape index (κ3) is 4.24. The zero-order valence-electron chi connectivity index (χ0n) is 16.5. The van der Waals surface area contributed by atoms with Crippen molar-refractivity contribution in [3.63, 3.8) is 0 Å². The Labute approximate surface area is 171 Å². The van der Waals surface area contributed by atoms with Gasteiger partial charge in [-0.15, -0.1) is 0 Å². The highest BCUT2D eigenvalue weighted by Crippen LogP contribution is 2.24. The molecule has 1 aliphatic heterocycles. The van der Waals surface area contributed by atoms with E-state index in [0.29, 0.717) is 5.89 Å². The maximum Gasteiger partial charge on any atom is 0.227 e. The number of piperazine rings is 1. The van der Waals surface area contributed by atoms with E-state index in [0.717, 1.165) is 55.9 Å². The summed E-state index contributed by atoms with van der Waals surface area (Å²) in [5.41, 5.74) is 5.50. The highest BCUT2D eigenvalue weighted by molar-refractivity contribution is 5.75. The third-order valence-electron chi connectivity index (χ3n) is 5.61. The van der Waals surface area contributed by atoms with Crippen molar-refractivity contribution in [1.82, 2.24) is 14.8 Å². The van der Waals surface area contributed by atoms with Gasteiger partial charge in [-0.05, 0) is 35.4 Å². The number of para-hydroxylation sites is 2. The van der Waals surface area contributed by atoms with Crippen LogP contribution in [-0.4, -0.2) is 41.0 Å². The molecule has 0 amide bonds. The minimum Gasteiger partial charge on any atom is -0.436 e. The van der Waals surface area contributed by atoms with Crippen LogP contribution in [0, 0.1) is 0 Å². The first kappa shape index (κ1) is 18.1. The van der Waals surface area contributed by atoms with Gasteiger partial charge in [-0.25, -0.2) is 4.98 Å². The van der Waals surface area contributed by atoms with E-state index < -0.39 is 0 Å². The lowest BCUT2D eigenvalue weighted by atomic mass is 10.1. The summed E-state index contributed by atoms with van der Waals surface area (Å²) in [4.78, 5) is 9.67. The fourth-order valence-electron chi connectivity index (χ4n) is 3.95. The maximum atomic E-state index is 5.88. The molecule has 4 aromatic rings. The number of rotatable bonds is 5. The van der Waals surface area contributed by atoms with Gasteiger partial charge in [0.15, 0.2) is 5.58 Å². The van der Waals surface area contributed by atoms with E-state index in [-0.39, 0.29) is 0 Å². The summed E-state index contributed by atoms with van der Waals surface area (Å²) in [5, 5.41) is 0. The molecular weight excluding hydrogens is 358 g/mol. The van der Waals surface area contributed by atoms with Crippen LogP contribution in [0.5, 0.6) is 0 Å². The van der Waals surface area contributed by atoms with Gasteiger partial charge in [0.1, 0.15) is 5.52 Å². The number of nitrogens with zero attached hydrogens (tertiary/aromatic N) is 3. The Balaban J connectivity index is 1.17. The predicted molar refractivity (Wildman–Crippen MR) is 116 cm³/mol. The number of hydrogen-bond acceptors (Lipinski definition) is 4. The van der Waals surface area contributed by atoms with E-state index in [9.17, 15) is 0 Å². The molecule has 5 rings (SSSR count). The topological polar surface area (TPSA) is 32.5 Å². The summed E-state index contributed by atoms with van der Waals surface area (Å²) in [7, 11) is 0. The Bertz CT molecular complexity index is 1030. The SMILES string of the molecule is c1ccc(CN2CCN(Cc3ccc(-c4nc5ccccc5o4)cc3)CC2)cc1. The van der Waals surface area contributed by atoms with Crippen LogP contribution in [0.1, 0.15) is 11.1 Å². The third-order valence-corrected chi connectivity index (χ3v) is 5.61. The molecule has 0 unspecified atom stereocenters. The van der Waals surface area contributed by atoms with Crippen LogP contribution in [0.15, 0.2) is 83.3 Å². The minimum absolute atomic E-state index is 0.687. The van der Waals surface area contributed by atoms with E-state index in [1.165, 1.54) is 11.1 Å². The first-order valence-corrected chi connectivity index (χ1v) is 10.3. The van der Waals surface area contributed by atoms with Crippen LogP contribution in [0.3, 0.4) is 0 Å². The van der Waals surface area contributed by atoms with Crippen LogP contribution in [0.2, 0.25) is 0 Å². The van der Waals surface area contributed by atoms with Crippen molar-refractivity contribution in [2.24, 2.45) is 0 Å². The normalized spacial score (nSPS) is 15.7. The number of fused-ring (bicyclic) bond motifs is 1. The number of hydrogen-bond donors (Lipinski definition) is 0. The van der Waals surface area contributed by atoms with Crippen molar-refractivity contribution >= 4 is 11.1 Å². The Morgan fingerprint density at radius 3 is 1.90 bits per heavy atom. The van der Waals surface area contributed by atoms with Gasteiger partial charge in [-0.3, -0.25) is 9.80 Å². The minimum atomic E-state index is 0.687. The number of benzene rings is 3. The lowest BCUT2D eigenvalue weighted by Crippen LogP contribution is -2.45. The number of aromatic nitrogens is 1. The molecule has 1 aromatic heterocycles. The Morgan fingerprint density at radius 2 is 1.24 bits per heavy atom. The second-order valence-corrected chi connectivity index (χ2v) is 7.72. The monoisotopic (exact) mass is 383 g/mol. The summed E-state index contributed by atoms with van der Waals surface area (Å²) in [6.45, 7) is 6.51. The maximum absolute atomic E-state index is 5.88. The molecule has 29 heavy (non-hydrogen) atoms. The van der Waals surface area contributed by atoms with Gasteiger partial charge in [-0.1, -0.05) is 54.6 Å². The van der Waals surface area contributed by atoms with Crippen molar-refractivity contribution in [1.29, 1.82) is 0 Å². The zero-order valence-corrected chi connectivity index (χ0v) is 16.5. The van der Waals surface area contributed by atoms with Crippen molar-refractivity contribution in [3.8, 4) is 11.5 Å². The van der Waals surface area contributed by atoms with Crippen LogP contribution in [0.25, 0.3) is 22.6 Å². The predicted octanol–water partition coefficient (Wildman–Crippen LogP) is 4.81. The number of oxazole rings is 1. The molecule has 146 valence electrons. The largest absolute Gasteiger partial charge is 0.436 e. The molecule has 1 aliphatic rings. The second kappa shape index (κ2) is 8.19. The second-order valence-electron chi connectivity index (χ2n) is 7.72. The smallest absolute Gasteiger partial charge is 0.227 e. The molecule has 3 aromatic carbocycles. The van der Waals surface area contributed by atoms with Crippen molar-refractivity contribution < 1.29 is 4.42 Å². The lowest BCUT2D eigenvalue weighted by Gasteiger charge is -2.34. The zero-order chi connectivity index (χ0) is 19.5. The molecule has 2 heterocycles. The summed E-state index contributed by atoms with van der Waals surface area (Å²) < 4.78 is 5.88. The standard InChI is InChI=1S/C25H25N3O/c1-2-6-20(7-3-1)18-27-14-16-28(17-15-27)19-21-10-12-22(13-11-21)25-26-23-8-4-5-9-24(23)29-25/h1-13H,14-19H2. The van der Waals surface area contributed by atoms with Crippen molar-refractivity contribution in [3.05, 3.63) is 90.0 Å². The van der Waals surface area contributed by atoms with E-state index in [1.54, 1.807) is 0 Å². The van der Waals surface area contributed by atoms with Crippen LogP contribution in [0.4, 0.5) is 0 Å². The van der Waals surface area contributed by atoms with Crippen molar-refractivity contribution in [2.75, 3.05) is 26.2 Å². The summed E-state index contributed by atoms with van der Waals surface area (Å²) >= 11 is 0. The first-order chi connectivity index (χ1) is 14.3. The molecule has 0 radical (unpaired) electrons. The van der Waals surface area contributed by atoms with Crippen LogP contribution >= 0.6 is 0 Å². The molecule has 4 nitrogen and oxygen atoms in total. The van der Waals surface area contributed by atoms with Crippen LogP contribution < -0.4 is 0 Å². The van der Waals surface area contributed by atoms with Gasteiger partial charge >= 0.3 is 0 Å². The Hall–Kier alpha value is -2.95. The van der Waals surface area contributed by atoms with E-state index in [1.807, 2.05) is 24.3 Å². The highest BCUT2D eigenvalue weighted by Gasteiger charge is 2.17. The van der Waals surface area contributed by atoms with E-state index in [4.69, 9.17) is 4.42 Å². The van der Waals surface area contributed by atoms with E-state index >= 15 is 0 Å². The summed E-state index contributed by atoms with van der Waals surface area (Å²) in [5.74, 6) is 0.687. The van der Waals surface area contributed by atoms with Crippen LogP contribution in [-0.2, 0) is 13.1 Å². The van der Waals surface area contributed by atoms with Crippen molar-refractivity contribution in [2.45, 2.75) is 13.1 Å². The van der Waals surface area contributed by atoms with Gasteiger partial charge < -0.3 is 4.42 Å². The van der Waals surface area contributed by atoms with Gasteiger partial charge in [0.05, 0.1) is 0 Å². The lowest BCUT2D eigenvalue weighted by molar-refractivity contribution is 0.122. The molecular formula is C25H25N3O. The van der Waals surface area contributed by atoms with Gasteiger partial charge in [0, 0.05) is 44.8 Å². The summed E-state index contributed by atoms with van der Waals surface area (Å²) in [6, 6.07) is 27.3. The van der Waals surface area contributed by atoms with E-state index in [2.05, 4.69) is 69.4 Å². The highest BCUT2D eigenvalue weighted by atomic mass is 16.3. The van der Waals surface area contributed by atoms with Gasteiger partial charge in [-0.2, -0.15) is 0 Å². The molecule has 1 saturated heterocycles. The average molecular weight is 383 g/mol. The molecule has 0 N–H and O–H groups in total. The fourth-order valence-corrected chi connectivity index (χ4v) is 3.95. The van der Waals surface area contributed by atoms with Gasteiger partial charge in [0.2, 0.25) is 5.89 Å². The molecule has 0 bridgehead atoms. The fraction of sp³-hybridized carbons (Fsp3) is 0.240. The quantitative estimate of drug-likeness (QED) is 0.495. The van der Waals surface area contributed by atoms with Gasteiger partial charge in [0.25, 0.3) is 0 Å². The Kier molecular flexibility index (Phi) is 5.11. The Morgan fingerprint density at radius 1 is 0.655 bits per heavy atom. The molecule has 0 spiro atoms. The molecule has 0 atom stereocenters. The molecule has 1 fully saturated rings. The molecule has 4 heteroatoms.